The van der Waals surface area contributed by atoms with Crippen molar-refractivity contribution in [3.05, 3.63) is 33.5 Å². The number of aromatic nitrogens is 1. The molecule has 1 saturated heterocycles. The Morgan fingerprint density at radius 1 is 1.36 bits per heavy atom. The first-order valence-electron chi connectivity index (χ1n) is 8.89. The Morgan fingerprint density at radius 3 is 2.76 bits per heavy atom. The molecule has 4 rings (SSSR count). The minimum atomic E-state index is -0.525. The molecular weight excluding hydrogens is 352 g/mol. The number of nitrogens with one attached hydrogen (secondary N) is 2. The lowest BCUT2D eigenvalue weighted by Crippen LogP contribution is -2.58. The molecule has 2 N–H and O–H groups in total. The number of carbonyl (C=O) groups is 1. The summed E-state index contributed by atoms with van der Waals surface area (Å²) in [5, 5.41) is 9.46. The normalized spacial score (nSPS) is 20.4. The van der Waals surface area contributed by atoms with Crippen LogP contribution in [0, 0.1) is 6.92 Å². The topological polar surface area (TPSA) is 57.3 Å². The van der Waals surface area contributed by atoms with E-state index in [1.165, 1.54) is 9.75 Å². The second-order valence-electron chi connectivity index (χ2n) is 7.08. The molecule has 3 heterocycles. The molecule has 1 aliphatic heterocycles. The molecule has 7 heteroatoms. The summed E-state index contributed by atoms with van der Waals surface area (Å²) in [5.41, 5.74) is -0.525. The van der Waals surface area contributed by atoms with Gasteiger partial charge < -0.3 is 10.6 Å². The van der Waals surface area contributed by atoms with Crippen LogP contribution < -0.4 is 10.6 Å². The van der Waals surface area contributed by atoms with Crippen molar-refractivity contribution in [1.82, 2.24) is 15.2 Å². The summed E-state index contributed by atoms with van der Waals surface area (Å²) >= 11 is 3.42. The summed E-state index contributed by atoms with van der Waals surface area (Å²) in [5.74, 6) is 0.150. The van der Waals surface area contributed by atoms with Crippen LogP contribution in [0.25, 0.3) is 0 Å². The van der Waals surface area contributed by atoms with Crippen molar-refractivity contribution in [2.75, 3.05) is 18.4 Å². The molecule has 0 spiro atoms. The third-order valence-corrected chi connectivity index (χ3v) is 6.68. The fourth-order valence-electron chi connectivity index (χ4n) is 3.33. The van der Waals surface area contributed by atoms with Gasteiger partial charge in [-0.25, -0.2) is 4.98 Å². The second-order valence-corrected chi connectivity index (χ2v) is 9.35. The number of carbonyl (C=O) groups excluding carboxylic acids is 1. The molecule has 0 radical (unpaired) electrons. The number of piperidine rings is 1. The van der Waals surface area contributed by atoms with Crippen LogP contribution in [0.1, 0.15) is 35.4 Å². The van der Waals surface area contributed by atoms with Gasteiger partial charge >= 0.3 is 0 Å². The maximum absolute atomic E-state index is 13.0. The maximum Gasteiger partial charge on any atom is 0.246 e. The third-order valence-electron chi connectivity index (χ3n) is 5.01. The molecule has 0 aromatic carbocycles. The van der Waals surface area contributed by atoms with Gasteiger partial charge in [0.05, 0.1) is 0 Å². The number of hydrogen-bond acceptors (Lipinski definition) is 6. The number of hydrogen-bond donors (Lipinski definition) is 2. The number of aryl methyl sites for hydroxylation is 1. The molecule has 2 aromatic heterocycles. The number of amides is 1. The first kappa shape index (κ1) is 17.0. The van der Waals surface area contributed by atoms with Gasteiger partial charge in [0.1, 0.15) is 5.54 Å². The van der Waals surface area contributed by atoms with Gasteiger partial charge in [-0.05, 0) is 44.7 Å². The highest BCUT2D eigenvalue weighted by Gasteiger charge is 2.43. The quantitative estimate of drug-likeness (QED) is 0.813. The van der Waals surface area contributed by atoms with Crippen LogP contribution in [0.15, 0.2) is 23.7 Å². The van der Waals surface area contributed by atoms with Gasteiger partial charge in [0.2, 0.25) is 5.91 Å². The van der Waals surface area contributed by atoms with E-state index in [0.717, 1.165) is 50.4 Å². The highest BCUT2D eigenvalue weighted by Crippen LogP contribution is 2.31. The van der Waals surface area contributed by atoms with Crippen molar-refractivity contribution in [2.24, 2.45) is 0 Å². The van der Waals surface area contributed by atoms with E-state index in [0.29, 0.717) is 6.04 Å². The molecule has 5 nitrogen and oxygen atoms in total. The summed E-state index contributed by atoms with van der Waals surface area (Å²) < 4.78 is 0. The first-order valence-corrected chi connectivity index (χ1v) is 10.6. The highest BCUT2D eigenvalue weighted by molar-refractivity contribution is 7.13. The van der Waals surface area contributed by atoms with Crippen molar-refractivity contribution < 1.29 is 4.79 Å². The summed E-state index contributed by atoms with van der Waals surface area (Å²) in [4.78, 5) is 22.5. The van der Waals surface area contributed by atoms with Gasteiger partial charge in [-0.2, -0.15) is 0 Å². The van der Waals surface area contributed by atoms with E-state index in [9.17, 15) is 4.79 Å². The number of rotatable bonds is 6. The summed E-state index contributed by atoms with van der Waals surface area (Å²) in [7, 11) is 0. The molecule has 134 valence electrons. The minimum absolute atomic E-state index is 0.150. The zero-order valence-electron chi connectivity index (χ0n) is 14.5. The van der Waals surface area contributed by atoms with Gasteiger partial charge in [-0.1, -0.05) is 0 Å². The first-order chi connectivity index (χ1) is 12.1. The number of nitrogens with zero attached hydrogens (tertiary/aromatic N) is 2. The molecular formula is C18H24N4OS2. The summed E-state index contributed by atoms with van der Waals surface area (Å²) in [6, 6.07) is 4.78. The molecule has 2 aliphatic rings. The highest BCUT2D eigenvalue weighted by atomic mass is 32.1. The van der Waals surface area contributed by atoms with Crippen molar-refractivity contribution >= 4 is 33.7 Å². The van der Waals surface area contributed by atoms with Gasteiger partial charge in [0.25, 0.3) is 0 Å². The lowest BCUT2D eigenvalue weighted by Gasteiger charge is -2.41. The monoisotopic (exact) mass is 376 g/mol. The van der Waals surface area contributed by atoms with E-state index in [1.54, 1.807) is 17.5 Å². The molecule has 1 amide bonds. The Bertz CT molecular complexity index is 715. The van der Waals surface area contributed by atoms with Gasteiger partial charge in [-0.3, -0.25) is 9.69 Å². The van der Waals surface area contributed by atoms with Crippen LogP contribution in [-0.2, 0) is 11.3 Å². The number of thiophene rings is 1. The average molecular weight is 377 g/mol. The van der Waals surface area contributed by atoms with E-state index in [4.69, 9.17) is 0 Å². The molecule has 0 atom stereocenters. The number of likely N-dealkylation sites (tertiary alicyclic amines) is 1. The Labute approximate surface area is 156 Å². The molecule has 25 heavy (non-hydrogen) atoms. The van der Waals surface area contributed by atoms with Crippen molar-refractivity contribution in [3.8, 4) is 0 Å². The van der Waals surface area contributed by atoms with Crippen LogP contribution in [0.3, 0.4) is 0 Å². The molecule has 0 bridgehead atoms. The van der Waals surface area contributed by atoms with Crippen molar-refractivity contribution in [2.45, 2.75) is 50.7 Å². The SMILES string of the molecule is Cc1ccc(CN2CCC(Nc3nccs3)(C(=O)NC3CC3)CC2)s1. The van der Waals surface area contributed by atoms with Crippen molar-refractivity contribution in [1.29, 1.82) is 0 Å². The minimum Gasteiger partial charge on any atom is -0.351 e. The van der Waals surface area contributed by atoms with E-state index < -0.39 is 5.54 Å². The smallest absolute Gasteiger partial charge is 0.246 e. The number of thiazole rings is 1. The van der Waals surface area contributed by atoms with Crippen LogP contribution in [-0.4, -0.2) is 40.5 Å². The zero-order chi connectivity index (χ0) is 17.3. The Hall–Kier alpha value is -1.44. The zero-order valence-corrected chi connectivity index (χ0v) is 16.1. The molecule has 1 aliphatic carbocycles. The standard InChI is InChI=1S/C18H24N4OS2/c1-13-2-5-15(25-13)12-22-9-6-18(7-10-22,16(23)20-14-3-4-14)21-17-19-8-11-24-17/h2,5,8,11,14H,3-4,6-7,9-10,12H2,1H3,(H,19,21)(H,20,23). The van der Waals surface area contributed by atoms with E-state index >= 15 is 0 Å². The Balaban J connectivity index is 1.43. The lowest BCUT2D eigenvalue weighted by atomic mass is 9.86. The third kappa shape index (κ3) is 4.04. The maximum atomic E-state index is 13.0. The van der Waals surface area contributed by atoms with Gasteiger partial charge in [0.15, 0.2) is 5.13 Å². The van der Waals surface area contributed by atoms with Gasteiger partial charge in [-0.15, -0.1) is 22.7 Å². The lowest BCUT2D eigenvalue weighted by molar-refractivity contribution is -0.127. The Kier molecular flexibility index (Phi) is 4.80. The fourth-order valence-corrected chi connectivity index (χ4v) is 4.89. The van der Waals surface area contributed by atoms with E-state index in [1.807, 2.05) is 16.7 Å². The predicted octanol–water partition coefficient (Wildman–Crippen LogP) is 3.24. The molecule has 1 saturated carbocycles. The molecule has 0 unspecified atom stereocenters. The summed E-state index contributed by atoms with van der Waals surface area (Å²) in [6.45, 7) is 4.98. The van der Waals surface area contributed by atoms with Crippen LogP contribution in [0.5, 0.6) is 0 Å². The van der Waals surface area contributed by atoms with Crippen LogP contribution in [0.2, 0.25) is 0 Å². The van der Waals surface area contributed by atoms with E-state index in [2.05, 4.69) is 39.6 Å². The van der Waals surface area contributed by atoms with Crippen LogP contribution in [0.4, 0.5) is 5.13 Å². The second kappa shape index (κ2) is 7.05. The van der Waals surface area contributed by atoms with E-state index in [-0.39, 0.29) is 5.91 Å². The van der Waals surface area contributed by atoms with Crippen molar-refractivity contribution in [3.63, 3.8) is 0 Å². The predicted molar refractivity (Wildman–Crippen MR) is 103 cm³/mol. The average Bonchev–Trinajstić information content (AvgIpc) is 3.09. The number of anilines is 1. The van der Waals surface area contributed by atoms with Gasteiger partial charge in [0, 0.05) is 47.0 Å². The van der Waals surface area contributed by atoms with Crippen LogP contribution >= 0.6 is 22.7 Å². The molecule has 2 fully saturated rings. The Morgan fingerprint density at radius 2 is 2.16 bits per heavy atom. The summed E-state index contributed by atoms with van der Waals surface area (Å²) in [6.07, 6.45) is 5.64. The largest absolute Gasteiger partial charge is 0.351 e. The molecule has 2 aromatic rings. The fraction of sp³-hybridized carbons (Fsp3) is 0.556.